The molecule has 0 fully saturated rings. The molecule has 0 saturated heterocycles. The van der Waals surface area contributed by atoms with Crippen molar-refractivity contribution < 1.29 is 18.7 Å². The molecular formula is C22H17BrFN3O3. The van der Waals surface area contributed by atoms with E-state index < -0.39 is 11.7 Å². The van der Waals surface area contributed by atoms with E-state index in [-0.39, 0.29) is 18.2 Å². The van der Waals surface area contributed by atoms with E-state index in [0.717, 1.165) is 4.47 Å². The molecular weight excluding hydrogens is 453 g/mol. The van der Waals surface area contributed by atoms with Gasteiger partial charge in [0.2, 0.25) is 0 Å². The Hall–Kier alpha value is -3.52. The van der Waals surface area contributed by atoms with Crippen molar-refractivity contribution in [1.29, 1.82) is 0 Å². The minimum atomic E-state index is -0.531. The highest BCUT2D eigenvalue weighted by Crippen LogP contribution is 2.22. The van der Waals surface area contributed by atoms with Crippen LogP contribution in [0.5, 0.6) is 5.75 Å². The fourth-order valence-electron chi connectivity index (χ4n) is 2.46. The zero-order valence-corrected chi connectivity index (χ0v) is 17.2. The van der Waals surface area contributed by atoms with Crippen LogP contribution in [0.3, 0.4) is 0 Å². The van der Waals surface area contributed by atoms with Crippen molar-refractivity contribution in [3.05, 3.63) is 94.2 Å². The average Bonchev–Trinajstić information content (AvgIpc) is 2.75. The normalized spacial score (nSPS) is 10.6. The Morgan fingerprint density at radius 3 is 2.53 bits per heavy atom. The van der Waals surface area contributed by atoms with Crippen molar-refractivity contribution in [2.45, 2.75) is 0 Å². The van der Waals surface area contributed by atoms with Gasteiger partial charge < -0.3 is 10.1 Å². The Morgan fingerprint density at radius 2 is 1.77 bits per heavy atom. The second-order valence-electron chi connectivity index (χ2n) is 6.06. The number of para-hydroxylation sites is 1. The van der Waals surface area contributed by atoms with Crippen LogP contribution in [0, 0.1) is 5.82 Å². The van der Waals surface area contributed by atoms with Crippen molar-refractivity contribution in [3.63, 3.8) is 0 Å². The molecule has 3 aromatic carbocycles. The third-order valence-corrected chi connectivity index (χ3v) is 4.38. The van der Waals surface area contributed by atoms with Gasteiger partial charge in [-0.1, -0.05) is 46.3 Å². The third kappa shape index (κ3) is 5.99. The smallest absolute Gasteiger partial charge is 0.271 e. The monoisotopic (exact) mass is 469 g/mol. The molecule has 0 heterocycles. The summed E-state index contributed by atoms with van der Waals surface area (Å²) in [7, 11) is 0. The first-order valence-corrected chi connectivity index (χ1v) is 9.67. The highest BCUT2D eigenvalue weighted by Gasteiger charge is 2.10. The van der Waals surface area contributed by atoms with Crippen LogP contribution in [0.1, 0.15) is 15.9 Å². The summed E-state index contributed by atoms with van der Waals surface area (Å²) in [5.41, 5.74) is 3.53. The molecule has 0 atom stereocenters. The summed E-state index contributed by atoms with van der Waals surface area (Å²) in [6.07, 6.45) is 1.41. The van der Waals surface area contributed by atoms with Gasteiger partial charge in [0.15, 0.2) is 6.61 Å². The Bertz CT molecular complexity index is 1070. The largest absolute Gasteiger partial charge is 0.483 e. The molecule has 3 aromatic rings. The summed E-state index contributed by atoms with van der Waals surface area (Å²) in [5, 5.41) is 6.40. The van der Waals surface area contributed by atoms with Gasteiger partial charge in [0.25, 0.3) is 11.8 Å². The van der Waals surface area contributed by atoms with Gasteiger partial charge in [-0.25, -0.2) is 9.82 Å². The molecule has 0 radical (unpaired) electrons. The topological polar surface area (TPSA) is 79.8 Å². The van der Waals surface area contributed by atoms with Gasteiger partial charge >= 0.3 is 0 Å². The van der Waals surface area contributed by atoms with Crippen LogP contribution < -0.4 is 15.5 Å². The minimum absolute atomic E-state index is 0.0762. The molecule has 6 nitrogen and oxygen atoms in total. The SMILES string of the molecule is O=C(COc1ccc(Br)cc1/C=N/NC(=O)c1ccccc1)Nc1ccccc1F. The summed E-state index contributed by atoms with van der Waals surface area (Å²) in [4.78, 5) is 24.1. The van der Waals surface area contributed by atoms with Crippen molar-refractivity contribution in [1.82, 2.24) is 5.43 Å². The van der Waals surface area contributed by atoms with Crippen LogP contribution in [0.4, 0.5) is 10.1 Å². The summed E-state index contributed by atoms with van der Waals surface area (Å²) < 4.78 is 20.0. The van der Waals surface area contributed by atoms with Crippen LogP contribution in [0.25, 0.3) is 0 Å². The summed E-state index contributed by atoms with van der Waals surface area (Å²) in [6, 6.07) is 19.7. The van der Waals surface area contributed by atoms with Gasteiger partial charge in [-0.3, -0.25) is 9.59 Å². The van der Waals surface area contributed by atoms with E-state index in [9.17, 15) is 14.0 Å². The first kappa shape index (κ1) is 21.2. The highest BCUT2D eigenvalue weighted by atomic mass is 79.9. The fourth-order valence-corrected chi connectivity index (χ4v) is 2.84. The number of anilines is 1. The Balaban J connectivity index is 1.62. The van der Waals surface area contributed by atoms with E-state index in [1.54, 1.807) is 48.5 Å². The predicted octanol–water partition coefficient (Wildman–Crippen LogP) is 4.37. The lowest BCUT2D eigenvalue weighted by atomic mass is 10.2. The number of amides is 2. The van der Waals surface area contributed by atoms with Gasteiger partial charge in [0.05, 0.1) is 11.9 Å². The lowest BCUT2D eigenvalue weighted by Crippen LogP contribution is -2.21. The second-order valence-corrected chi connectivity index (χ2v) is 6.98. The maximum Gasteiger partial charge on any atom is 0.271 e. The zero-order valence-electron chi connectivity index (χ0n) is 15.6. The zero-order chi connectivity index (χ0) is 21.3. The van der Waals surface area contributed by atoms with Crippen LogP contribution in [0.2, 0.25) is 0 Å². The second kappa shape index (κ2) is 10.3. The van der Waals surface area contributed by atoms with Crippen LogP contribution in [0.15, 0.2) is 82.4 Å². The molecule has 0 aliphatic rings. The van der Waals surface area contributed by atoms with E-state index in [0.29, 0.717) is 16.9 Å². The summed E-state index contributed by atoms with van der Waals surface area (Å²) >= 11 is 3.36. The van der Waals surface area contributed by atoms with E-state index >= 15 is 0 Å². The molecule has 2 amide bonds. The fraction of sp³-hybridized carbons (Fsp3) is 0.0455. The minimum Gasteiger partial charge on any atom is -0.483 e. The van der Waals surface area contributed by atoms with Crippen molar-refractivity contribution in [2.24, 2.45) is 5.10 Å². The molecule has 8 heteroatoms. The molecule has 0 bridgehead atoms. The molecule has 0 aromatic heterocycles. The van der Waals surface area contributed by atoms with Crippen LogP contribution >= 0.6 is 15.9 Å². The number of ether oxygens (including phenoxy) is 1. The van der Waals surface area contributed by atoms with Gasteiger partial charge in [-0.05, 0) is 42.5 Å². The number of nitrogens with one attached hydrogen (secondary N) is 2. The molecule has 0 aliphatic carbocycles. The number of hydrazone groups is 1. The quantitative estimate of drug-likeness (QED) is 0.398. The average molecular weight is 470 g/mol. The Labute approximate surface area is 180 Å². The van der Waals surface area contributed by atoms with E-state index in [2.05, 4.69) is 31.8 Å². The highest BCUT2D eigenvalue weighted by molar-refractivity contribution is 9.10. The summed E-state index contributed by atoms with van der Waals surface area (Å²) in [5.74, 6) is -1.02. The van der Waals surface area contributed by atoms with Crippen LogP contribution in [-0.4, -0.2) is 24.6 Å². The predicted molar refractivity (Wildman–Crippen MR) is 116 cm³/mol. The summed E-state index contributed by atoms with van der Waals surface area (Å²) in [6.45, 7) is -0.326. The molecule has 30 heavy (non-hydrogen) atoms. The van der Waals surface area contributed by atoms with E-state index in [1.807, 2.05) is 6.07 Å². The standard InChI is InChI=1S/C22H17BrFN3O3/c23-17-10-11-20(30-14-21(28)26-19-9-5-4-8-18(19)24)16(12-17)13-25-27-22(29)15-6-2-1-3-7-15/h1-13H,14H2,(H,26,28)(H,27,29)/b25-13+. The number of benzene rings is 3. The van der Waals surface area contributed by atoms with E-state index in [4.69, 9.17) is 4.74 Å². The van der Waals surface area contributed by atoms with Gasteiger partial charge in [-0.2, -0.15) is 5.10 Å². The molecule has 152 valence electrons. The molecule has 0 spiro atoms. The maximum atomic E-state index is 13.6. The number of nitrogens with zero attached hydrogens (tertiary/aromatic N) is 1. The number of carbonyl (C=O) groups excluding carboxylic acids is 2. The molecule has 3 rings (SSSR count). The van der Waals surface area contributed by atoms with Crippen molar-refractivity contribution in [2.75, 3.05) is 11.9 Å². The maximum absolute atomic E-state index is 13.6. The van der Waals surface area contributed by atoms with Gasteiger partial charge in [0.1, 0.15) is 11.6 Å². The molecule has 2 N–H and O–H groups in total. The number of carbonyl (C=O) groups is 2. The van der Waals surface area contributed by atoms with Crippen molar-refractivity contribution >= 4 is 39.6 Å². The molecule has 0 saturated carbocycles. The lowest BCUT2D eigenvalue weighted by molar-refractivity contribution is -0.118. The third-order valence-electron chi connectivity index (χ3n) is 3.88. The van der Waals surface area contributed by atoms with Crippen molar-refractivity contribution in [3.8, 4) is 5.75 Å². The molecule has 0 unspecified atom stereocenters. The molecule has 0 aliphatic heterocycles. The van der Waals surface area contributed by atoms with Crippen LogP contribution in [-0.2, 0) is 4.79 Å². The number of halogens is 2. The Morgan fingerprint density at radius 1 is 1.03 bits per heavy atom. The van der Waals surface area contributed by atoms with Gasteiger partial charge in [0, 0.05) is 15.6 Å². The first-order valence-electron chi connectivity index (χ1n) is 8.88. The van der Waals surface area contributed by atoms with E-state index in [1.165, 1.54) is 24.4 Å². The Kier molecular flexibility index (Phi) is 7.29. The number of hydrogen-bond acceptors (Lipinski definition) is 4. The number of rotatable bonds is 7. The number of hydrogen-bond donors (Lipinski definition) is 2. The lowest BCUT2D eigenvalue weighted by Gasteiger charge is -2.10. The van der Waals surface area contributed by atoms with Gasteiger partial charge in [-0.15, -0.1) is 0 Å². The first-order chi connectivity index (χ1) is 14.5.